The van der Waals surface area contributed by atoms with E-state index in [-0.39, 0.29) is 0 Å². The molecule has 0 radical (unpaired) electrons. The van der Waals surface area contributed by atoms with Gasteiger partial charge in [0, 0.05) is 17.5 Å². The summed E-state index contributed by atoms with van der Waals surface area (Å²) < 4.78 is 0. The van der Waals surface area contributed by atoms with Gasteiger partial charge in [0.05, 0.1) is 5.71 Å². The molecule has 1 rings (SSSR count). The number of aryl methyl sites for hydroxylation is 1. The van der Waals surface area contributed by atoms with Gasteiger partial charge in [0.15, 0.2) is 0 Å². The van der Waals surface area contributed by atoms with Crippen LogP contribution in [0.4, 0.5) is 5.69 Å². The summed E-state index contributed by atoms with van der Waals surface area (Å²) in [5.41, 5.74) is 8.43. The number of rotatable bonds is 3. The molecule has 0 fully saturated rings. The predicted octanol–water partition coefficient (Wildman–Crippen LogP) is 2.15. The van der Waals surface area contributed by atoms with Crippen molar-refractivity contribution in [1.82, 2.24) is 0 Å². The number of nitrogen functional groups attached to an aromatic ring is 1. The molecular formula is C11H13N3. The summed E-state index contributed by atoms with van der Waals surface area (Å²) in [5.74, 6) is 0. The number of allylic oxidation sites excluding steroid dienone is 2. The molecular weight excluding hydrogens is 174 g/mol. The molecule has 3 nitrogen and oxygen atoms in total. The maximum atomic E-state index is 7.70. The molecule has 0 atom stereocenters. The molecule has 0 saturated carbocycles. The van der Waals surface area contributed by atoms with Crippen LogP contribution in [0.15, 0.2) is 30.4 Å². The van der Waals surface area contributed by atoms with Gasteiger partial charge in [0.2, 0.25) is 0 Å². The molecule has 3 heteroatoms. The third kappa shape index (κ3) is 2.29. The highest BCUT2D eigenvalue weighted by molar-refractivity contribution is 6.11. The van der Waals surface area contributed by atoms with Gasteiger partial charge < -0.3 is 16.6 Å². The first kappa shape index (κ1) is 10.2. The highest BCUT2D eigenvalue weighted by atomic mass is 14.6. The SMILES string of the molecule is Cc1ccc(N)c(C(=N)C=CC=N)c1. The zero-order valence-corrected chi connectivity index (χ0v) is 8.04. The van der Waals surface area contributed by atoms with Crippen molar-refractivity contribution in [3.05, 3.63) is 41.5 Å². The number of benzene rings is 1. The summed E-state index contributed by atoms with van der Waals surface area (Å²) in [7, 11) is 0. The molecule has 14 heavy (non-hydrogen) atoms. The topological polar surface area (TPSA) is 73.7 Å². The first-order chi connectivity index (χ1) is 6.65. The fraction of sp³-hybridized carbons (Fsp3) is 0.0909. The largest absolute Gasteiger partial charge is 0.398 e. The van der Waals surface area contributed by atoms with Crippen molar-refractivity contribution in [2.24, 2.45) is 0 Å². The van der Waals surface area contributed by atoms with Crippen LogP contribution in [0.25, 0.3) is 0 Å². The second-order valence-corrected chi connectivity index (χ2v) is 3.03. The molecule has 0 aliphatic rings. The molecule has 4 N–H and O–H groups in total. The van der Waals surface area contributed by atoms with Gasteiger partial charge in [-0.2, -0.15) is 0 Å². The van der Waals surface area contributed by atoms with Crippen molar-refractivity contribution in [2.45, 2.75) is 6.92 Å². The Hall–Kier alpha value is -1.90. The van der Waals surface area contributed by atoms with E-state index in [0.29, 0.717) is 17.0 Å². The lowest BCUT2D eigenvalue weighted by Gasteiger charge is -2.04. The Morgan fingerprint density at radius 1 is 1.43 bits per heavy atom. The molecule has 72 valence electrons. The van der Waals surface area contributed by atoms with Crippen molar-refractivity contribution in [3.63, 3.8) is 0 Å². The minimum atomic E-state index is 0.328. The monoisotopic (exact) mass is 187 g/mol. The average molecular weight is 187 g/mol. The molecule has 0 spiro atoms. The summed E-state index contributed by atoms with van der Waals surface area (Å²) in [6.45, 7) is 1.95. The normalized spacial score (nSPS) is 10.4. The molecule has 0 bridgehead atoms. The molecule has 1 aromatic carbocycles. The number of nitrogens with two attached hydrogens (primary N) is 1. The Labute approximate surface area is 83.3 Å². The highest BCUT2D eigenvalue weighted by Crippen LogP contribution is 2.14. The zero-order valence-electron chi connectivity index (χ0n) is 8.04. The average Bonchev–Trinajstić information content (AvgIpc) is 2.18. The van der Waals surface area contributed by atoms with Crippen LogP contribution in [0.5, 0.6) is 0 Å². The van der Waals surface area contributed by atoms with Gasteiger partial charge in [-0.3, -0.25) is 0 Å². The van der Waals surface area contributed by atoms with Gasteiger partial charge in [-0.05, 0) is 31.2 Å². The van der Waals surface area contributed by atoms with Crippen LogP contribution in [0.1, 0.15) is 11.1 Å². The van der Waals surface area contributed by atoms with Gasteiger partial charge in [-0.25, -0.2) is 0 Å². The van der Waals surface area contributed by atoms with Crippen LogP contribution < -0.4 is 5.73 Å². The molecule has 0 unspecified atom stereocenters. The minimum absolute atomic E-state index is 0.328. The molecule has 1 aromatic rings. The van der Waals surface area contributed by atoms with E-state index in [2.05, 4.69) is 0 Å². The molecule has 0 aliphatic carbocycles. The van der Waals surface area contributed by atoms with E-state index in [1.54, 1.807) is 12.1 Å². The smallest absolute Gasteiger partial charge is 0.0633 e. The van der Waals surface area contributed by atoms with Gasteiger partial charge in [0.25, 0.3) is 0 Å². The number of anilines is 1. The fourth-order valence-corrected chi connectivity index (χ4v) is 1.14. The first-order valence-electron chi connectivity index (χ1n) is 4.27. The molecule has 0 amide bonds. The first-order valence-corrected chi connectivity index (χ1v) is 4.27. The van der Waals surface area contributed by atoms with E-state index in [9.17, 15) is 0 Å². The van der Waals surface area contributed by atoms with E-state index in [1.165, 1.54) is 6.08 Å². The third-order valence-corrected chi connectivity index (χ3v) is 1.86. The number of hydrogen-bond donors (Lipinski definition) is 3. The second-order valence-electron chi connectivity index (χ2n) is 3.03. The van der Waals surface area contributed by atoms with Crippen LogP contribution in [0.3, 0.4) is 0 Å². The lowest BCUT2D eigenvalue weighted by atomic mass is 10.0. The third-order valence-electron chi connectivity index (χ3n) is 1.86. The van der Waals surface area contributed by atoms with E-state index in [1.807, 2.05) is 19.1 Å². The lowest BCUT2D eigenvalue weighted by Crippen LogP contribution is -2.01. The minimum Gasteiger partial charge on any atom is -0.398 e. The summed E-state index contributed by atoms with van der Waals surface area (Å²) in [6, 6.07) is 5.57. The Balaban J connectivity index is 3.05. The summed E-state index contributed by atoms with van der Waals surface area (Å²) in [5, 5.41) is 14.5. The van der Waals surface area contributed by atoms with E-state index in [0.717, 1.165) is 11.8 Å². The van der Waals surface area contributed by atoms with Crippen molar-refractivity contribution >= 4 is 17.6 Å². The Morgan fingerprint density at radius 3 is 2.79 bits per heavy atom. The number of nitrogens with one attached hydrogen (secondary N) is 2. The summed E-state index contributed by atoms with van der Waals surface area (Å²) >= 11 is 0. The molecule has 0 aliphatic heterocycles. The lowest BCUT2D eigenvalue weighted by molar-refractivity contribution is 1.43. The van der Waals surface area contributed by atoms with Crippen molar-refractivity contribution in [1.29, 1.82) is 10.8 Å². The molecule has 0 heterocycles. The van der Waals surface area contributed by atoms with Gasteiger partial charge in [-0.1, -0.05) is 11.6 Å². The van der Waals surface area contributed by atoms with Crippen molar-refractivity contribution in [2.75, 3.05) is 5.73 Å². The van der Waals surface area contributed by atoms with Crippen molar-refractivity contribution in [3.8, 4) is 0 Å². The molecule has 0 aromatic heterocycles. The predicted molar refractivity (Wildman–Crippen MR) is 60.3 cm³/mol. The standard InChI is InChI=1S/C11H13N3/c1-8-4-5-11(14)9(7-8)10(13)3-2-6-12/h2-7,12-13H,14H2,1H3. The highest BCUT2D eigenvalue weighted by Gasteiger charge is 2.02. The maximum absolute atomic E-state index is 7.70. The quantitative estimate of drug-likeness (QED) is 0.492. The van der Waals surface area contributed by atoms with Gasteiger partial charge in [0.1, 0.15) is 0 Å². The van der Waals surface area contributed by atoms with E-state index in [4.69, 9.17) is 16.6 Å². The molecule has 0 saturated heterocycles. The number of hydrogen-bond acceptors (Lipinski definition) is 3. The van der Waals surface area contributed by atoms with E-state index < -0.39 is 0 Å². The fourth-order valence-electron chi connectivity index (χ4n) is 1.14. The van der Waals surface area contributed by atoms with Crippen LogP contribution >= 0.6 is 0 Å². The summed E-state index contributed by atoms with van der Waals surface area (Å²) in [4.78, 5) is 0. The van der Waals surface area contributed by atoms with Gasteiger partial charge in [-0.15, -0.1) is 0 Å². The Kier molecular flexibility index (Phi) is 3.18. The van der Waals surface area contributed by atoms with Gasteiger partial charge >= 0.3 is 0 Å². The Bertz CT molecular complexity index is 392. The summed E-state index contributed by atoms with van der Waals surface area (Å²) in [6.07, 6.45) is 4.20. The zero-order chi connectivity index (χ0) is 10.6. The second kappa shape index (κ2) is 4.37. The van der Waals surface area contributed by atoms with Crippen LogP contribution in [-0.4, -0.2) is 11.9 Å². The van der Waals surface area contributed by atoms with Crippen molar-refractivity contribution < 1.29 is 0 Å². The maximum Gasteiger partial charge on any atom is 0.0633 e. The van der Waals surface area contributed by atoms with E-state index >= 15 is 0 Å². The van der Waals surface area contributed by atoms with Crippen LogP contribution in [0.2, 0.25) is 0 Å². The van der Waals surface area contributed by atoms with Crippen LogP contribution in [0, 0.1) is 17.7 Å². The van der Waals surface area contributed by atoms with Crippen LogP contribution in [-0.2, 0) is 0 Å². The Morgan fingerprint density at radius 2 is 2.14 bits per heavy atom.